The van der Waals surface area contributed by atoms with Crippen LogP contribution in [0.5, 0.6) is 0 Å². The van der Waals surface area contributed by atoms with Crippen LogP contribution in [0.2, 0.25) is 0 Å². The minimum absolute atomic E-state index is 0.496. The standard InChI is InChI=1S/C14H24N2/c1-5-11-15-14(6-2)12-7-9-13(10-8-12)16(3)4/h7-10,14-15H,5-6,11H2,1-4H3. The highest BCUT2D eigenvalue weighted by atomic mass is 15.1. The van der Waals surface area contributed by atoms with Crippen molar-refractivity contribution in [2.24, 2.45) is 0 Å². The van der Waals surface area contributed by atoms with Crippen LogP contribution in [0.1, 0.15) is 38.3 Å². The molecule has 0 bridgehead atoms. The molecular weight excluding hydrogens is 196 g/mol. The quantitative estimate of drug-likeness (QED) is 0.792. The predicted molar refractivity (Wildman–Crippen MR) is 72.1 cm³/mol. The van der Waals surface area contributed by atoms with Crippen molar-refractivity contribution in [1.82, 2.24) is 5.32 Å². The fourth-order valence-electron chi connectivity index (χ4n) is 1.82. The van der Waals surface area contributed by atoms with E-state index in [0.717, 1.165) is 13.0 Å². The normalized spacial score (nSPS) is 12.5. The van der Waals surface area contributed by atoms with Crippen LogP contribution in [0.3, 0.4) is 0 Å². The number of hydrogen-bond acceptors (Lipinski definition) is 2. The molecule has 2 heteroatoms. The summed E-state index contributed by atoms with van der Waals surface area (Å²) < 4.78 is 0. The van der Waals surface area contributed by atoms with Gasteiger partial charge in [0.1, 0.15) is 0 Å². The second kappa shape index (κ2) is 6.54. The maximum atomic E-state index is 3.57. The lowest BCUT2D eigenvalue weighted by atomic mass is 10.0. The largest absolute Gasteiger partial charge is 0.378 e. The van der Waals surface area contributed by atoms with E-state index in [1.165, 1.54) is 17.7 Å². The molecule has 1 N–H and O–H groups in total. The van der Waals surface area contributed by atoms with Crippen LogP contribution >= 0.6 is 0 Å². The van der Waals surface area contributed by atoms with E-state index in [9.17, 15) is 0 Å². The van der Waals surface area contributed by atoms with Gasteiger partial charge in [-0.15, -0.1) is 0 Å². The van der Waals surface area contributed by atoms with Crippen molar-refractivity contribution >= 4 is 5.69 Å². The van der Waals surface area contributed by atoms with Gasteiger partial charge < -0.3 is 10.2 Å². The minimum atomic E-state index is 0.496. The van der Waals surface area contributed by atoms with Crippen molar-refractivity contribution in [3.05, 3.63) is 29.8 Å². The first kappa shape index (κ1) is 13.0. The first-order chi connectivity index (χ1) is 7.69. The molecule has 0 aliphatic heterocycles. The average molecular weight is 220 g/mol. The van der Waals surface area contributed by atoms with E-state index in [-0.39, 0.29) is 0 Å². The molecular formula is C14H24N2. The third kappa shape index (κ3) is 3.53. The van der Waals surface area contributed by atoms with Crippen molar-refractivity contribution in [2.75, 3.05) is 25.5 Å². The summed E-state index contributed by atoms with van der Waals surface area (Å²) in [6.07, 6.45) is 2.33. The Hall–Kier alpha value is -1.02. The molecule has 0 amide bonds. The molecule has 1 aromatic carbocycles. The Kier molecular flexibility index (Phi) is 5.33. The third-order valence-corrected chi connectivity index (χ3v) is 2.86. The Bertz CT molecular complexity index is 290. The average Bonchev–Trinajstić information content (AvgIpc) is 2.30. The minimum Gasteiger partial charge on any atom is -0.378 e. The van der Waals surface area contributed by atoms with Crippen LogP contribution in [0.15, 0.2) is 24.3 Å². The summed E-state index contributed by atoms with van der Waals surface area (Å²) in [6.45, 7) is 5.52. The van der Waals surface area contributed by atoms with Crippen molar-refractivity contribution in [1.29, 1.82) is 0 Å². The van der Waals surface area contributed by atoms with Crippen molar-refractivity contribution in [2.45, 2.75) is 32.7 Å². The van der Waals surface area contributed by atoms with Gasteiger partial charge in [0.2, 0.25) is 0 Å². The van der Waals surface area contributed by atoms with E-state index in [1.54, 1.807) is 0 Å². The predicted octanol–water partition coefficient (Wildman–Crippen LogP) is 3.20. The van der Waals surface area contributed by atoms with Gasteiger partial charge in [0.25, 0.3) is 0 Å². The van der Waals surface area contributed by atoms with Crippen LogP contribution < -0.4 is 10.2 Å². The highest BCUT2D eigenvalue weighted by Gasteiger charge is 2.07. The second-order valence-corrected chi connectivity index (χ2v) is 4.40. The fraction of sp³-hybridized carbons (Fsp3) is 0.571. The molecule has 0 saturated heterocycles. The highest BCUT2D eigenvalue weighted by Crippen LogP contribution is 2.20. The molecule has 1 unspecified atom stereocenters. The zero-order valence-electron chi connectivity index (χ0n) is 11.0. The number of hydrogen-bond donors (Lipinski definition) is 1. The van der Waals surface area contributed by atoms with E-state index >= 15 is 0 Å². The number of rotatable bonds is 6. The summed E-state index contributed by atoms with van der Waals surface area (Å²) >= 11 is 0. The highest BCUT2D eigenvalue weighted by molar-refractivity contribution is 5.46. The van der Waals surface area contributed by atoms with Gasteiger partial charge in [-0.05, 0) is 37.1 Å². The van der Waals surface area contributed by atoms with Crippen LogP contribution in [-0.4, -0.2) is 20.6 Å². The van der Waals surface area contributed by atoms with E-state index in [1.807, 2.05) is 0 Å². The van der Waals surface area contributed by atoms with Gasteiger partial charge in [0, 0.05) is 25.8 Å². The van der Waals surface area contributed by atoms with Gasteiger partial charge in [-0.1, -0.05) is 26.0 Å². The third-order valence-electron chi connectivity index (χ3n) is 2.86. The zero-order valence-corrected chi connectivity index (χ0v) is 11.0. The lowest BCUT2D eigenvalue weighted by Crippen LogP contribution is -2.21. The Morgan fingerprint density at radius 2 is 1.75 bits per heavy atom. The summed E-state index contributed by atoms with van der Waals surface area (Å²) in [5, 5.41) is 3.57. The molecule has 0 spiro atoms. The van der Waals surface area contributed by atoms with Gasteiger partial charge in [-0.2, -0.15) is 0 Å². The molecule has 90 valence electrons. The first-order valence-corrected chi connectivity index (χ1v) is 6.19. The fourth-order valence-corrected chi connectivity index (χ4v) is 1.82. The van der Waals surface area contributed by atoms with Gasteiger partial charge >= 0.3 is 0 Å². The smallest absolute Gasteiger partial charge is 0.0361 e. The maximum Gasteiger partial charge on any atom is 0.0361 e. The summed E-state index contributed by atoms with van der Waals surface area (Å²) in [7, 11) is 4.14. The molecule has 16 heavy (non-hydrogen) atoms. The van der Waals surface area contributed by atoms with E-state index < -0.39 is 0 Å². The van der Waals surface area contributed by atoms with Crippen molar-refractivity contribution in [3.8, 4) is 0 Å². The van der Waals surface area contributed by atoms with Crippen LogP contribution in [-0.2, 0) is 0 Å². The number of nitrogens with one attached hydrogen (secondary N) is 1. The Morgan fingerprint density at radius 3 is 2.19 bits per heavy atom. The molecule has 1 aromatic rings. The molecule has 0 radical (unpaired) electrons. The van der Waals surface area contributed by atoms with E-state index in [2.05, 4.69) is 62.4 Å². The molecule has 0 aliphatic rings. The van der Waals surface area contributed by atoms with Gasteiger partial charge in [-0.3, -0.25) is 0 Å². The van der Waals surface area contributed by atoms with E-state index in [0.29, 0.717) is 6.04 Å². The molecule has 2 nitrogen and oxygen atoms in total. The SMILES string of the molecule is CCCNC(CC)c1ccc(N(C)C)cc1. The lowest BCUT2D eigenvalue weighted by molar-refractivity contribution is 0.518. The molecule has 0 saturated carbocycles. The number of benzene rings is 1. The molecule has 0 aliphatic carbocycles. The summed E-state index contributed by atoms with van der Waals surface area (Å²) in [5.41, 5.74) is 2.65. The van der Waals surface area contributed by atoms with Crippen LogP contribution in [0, 0.1) is 0 Å². The summed E-state index contributed by atoms with van der Waals surface area (Å²) in [4.78, 5) is 2.13. The molecule has 1 rings (SSSR count). The number of anilines is 1. The first-order valence-electron chi connectivity index (χ1n) is 6.19. The lowest BCUT2D eigenvalue weighted by Gasteiger charge is -2.19. The van der Waals surface area contributed by atoms with Gasteiger partial charge in [-0.25, -0.2) is 0 Å². The maximum absolute atomic E-state index is 3.57. The Balaban J connectivity index is 2.70. The summed E-state index contributed by atoms with van der Waals surface area (Å²) in [5.74, 6) is 0. The zero-order chi connectivity index (χ0) is 12.0. The molecule has 0 aromatic heterocycles. The number of nitrogens with zero attached hydrogens (tertiary/aromatic N) is 1. The molecule has 0 heterocycles. The Labute approximate surface area is 99.7 Å². The monoisotopic (exact) mass is 220 g/mol. The van der Waals surface area contributed by atoms with Crippen LogP contribution in [0.25, 0.3) is 0 Å². The van der Waals surface area contributed by atoms with Crippen molar-refractivity contribution in [3.63, 3.8) is 0 Å². The second-order valence-electron chi connectivity index (χ2n) is 4.40. The molecule has 1 atom stereocenters. The van der Waals surface area contributed by atoms with Gasteiger partial charge in [0.15, 0.2) is 0 Å². The van der Waals surface area contributed by atoms with E-state index in [4.69, 9.17) is 0 Å². The Morgan fingerprint density at radius 1 is 1.12 bits per heavy atom. The van der Waals surface area contributed by atoms with Gasteiger partial charge in [0.05, 0.1) is 0 Å². The topological polar surface area (TPSA) is 15.3 Å². The summed E-state index contributed by atoms with van der Waals surface area (Å²) in [6, 6.07) is 9.33. The molecule has 0 fully saturated rings. The van der Waals surface area contributed by atoms with Crippen molar-refractivity contribution < 1.29 is 0 Å². The van der Waals surface area contributed by atoms with Crippen LogP contribution in [0.4, 0.5) is 5.69 Å².